The first kappa shape index (κ1) is 21.5. The molecule has 0 aromatic heterocycles. The van der Waals surface area contributed by atoms with Crippen molar-refractivity contribution < 1.29 is 29.6 Å². The molecule has 0 aliphatic heterocycles. The lowest BCUT2D eigenvalue weighted by molar-refractivity contribution is -0.143. The van der Waals surface area contributed by atoms with Crippen molar-refractivity contribution in [2.24, 2.45) is 5.41 Å². The van der Waals surface area contributed by atoms with Crippen LogP contribution < -0.4 is 0 Å². The predicted octanol–water partition coefficient (Wildman–Crippen LogP) is 4.48. The molecule has 2 saturated carbocycles. The lowest BCUT2D eigenvalue weighted by atomic mass is 9.95. The van der Waals surface area contributed by atoms with Crippen LogP contribution in [0.5, 0.6) is 11.5 Å². The molecule has 6 heteroatoms. The highest BCUT2D eigenvalue weighted by Gasteiger charge is 2.49. The summed E-state index contributed by atoms with van der Waals surface area (Å²) in [6.07, 6.45) is 10.8. The molecule has 2 aliphatic carbocycles. The molecular formula is C23H32O6. The maximum absolute atomic E-state index is 11.2. The van der Waals surface area contributed by atoms with Crippen LogP contribution in [0.1, 0.15) is 81.8 Å². The maximum atomic E-state index is 11.2. The van der Waals surface area contributed by atoms with Gasteiger partial charge in [0.2, 0.25) is 0 Å². The molecule has 0 saturated heterocycles. The zero-order chi connectivity index (χ0) is 20.9. The van der Waals surface area contributed by atoms with Gasteiger partial charge in [0.25, 0.3) is 6.47 Å². The van der Waals surface area contributed by atoms with Crippen LogP contribution in [0.2, 0.25) is 0 Å². The molecule has 0 heterocycles. The largest absolute Gasteiger partial charge is 0.508 e. The van der Waals surface area contributed by atoms with Crippen molar-refractivity contribution in [3.63, 3.8) is 0 Å². The van der Waals surface area contributed by atoms with Crippen LogP contribution in [-0.4, -0.2) is 33.4 Å². The Balaban J connectivity index is 1.42. The molecule has 160 valence electrons. The van der Waals surface area contributed by atoms with Gasteiger partial charge in [-0.1, -0.05) is 12.8 Å². The molecule has 3 N–H and O–H groups in total. The van der Waals surface area contributed by atoms with Gasteiger partial charge in [0.05, 0.1) is 5.41 Å². The number of phenols is 2. The second-order valence-electron chi connectivity index (χ2n) is 8.86. The summed E-state index contributed by atoms with van der Waals surface area (Å²) >= 11 is 0. The number of carbonyl (C=O) groups is 2. The van der Waals surface area contributed by atoms with E-state index in [0.717, 1.165) is 81.8 Å². The number of carbonyl (C=O) groups excluding carboxylic acids is 1. The zero-order valence-corrected chi connectivity index (χ0v) is 17.0. The first-order chi connectivity index (χ1) is 13.9. The molecule has 0 amide bonds. The fourth-order valence-corrected chi connectivity index (χ4v) is 4.23. The van der Waals surface area contributed by atoms with E-state index in [0.29, 0.717) is 19.3 Å². The van der Waals surface area contributed by atoms with Gasteiger partial charge >= 0.3 is 5.97 Å². The summed E-state index contributed by atoms with van der Waals surface area (Å²) < 4.78 is 5.15. The number of aromatic hydroxyl groups is 2. The number of hydrogen-bond acceptors (Lipinski definition) is 5. The number of carboxylic acid groups (broad SMARTS) is 1. The summed E-state index contributed by atoms with van der Waals surface area (Å²) in [5.41, 5.74) is 0.801. The Morgan fingerprint density at radius 1 is 0.931 bits per heavy atom. The van der Waals surface area contributed by atoms with Crippen LogP contribution in [0.25, 0.3) is 0 Å². The summed E-state index contributed by atoms with van der Waals surface area (Å²) in [6.45, 7) is 0.534. The van der Waals surface area contributed by atoms with Crippen LogP contribution in [0, 0.1) is 5.41 Å². The van der Waals surface area contributed by atoms with Gasteiger partial charge in [0, 0.05) is 0 Å². The highest BCUT2D eigenvalue weighted by molar-refractivity contribution is 5.77. The molecule has 0 spiro atoms. The maximum Gasteiger partial charge on any atom is 0.309 e. The molecule has 2 fully saturated rings. The third kappa shape index (κ3) is 5.64. The molecule has 1 aromatic carbocycles. The van der Waals surface area contributed by atoms with Gasteiger partial charge in [-0.25, -0.2) is 0 Å². The number of phenolic OH excluding ortho intramolecular Hbond substituents is 2. The number of benzene rings is 1. The Morgan fingerprint density at radius 3 is 2.03 bits per heavy atom. The Hall–Kier alpha value is -2.24. The quantitative estimate of drug-likeness (QED) is 0.240. The Bertz CT molecular complexity index is 733. The van der Waals surface area contributed by atoms with Crippen molar-refractivity contribution in [2.75, 3.05) is 0 Å². The molecule has 29 heavy (non-hydrogen) atoms. The van der Waals surface area contributed by atoms with Gasteiger partial charge in [-0.3, -0.25) is 9.59 Å². The lowest BCUT2D eigenvalue weighted by Gasteiger charge is -2.14. The Morgan fingerprint density at radius 2 is 1.52 bits per heavy atom. The molecule has 0 atom stereocenters. The minimum absolute atomic E-state index is 0.165. The average molecular weight is 405 g/mol. The van der Waals surface area contributed by atoms with Gasteiger partial charge < -0.3 is 20.1 Å². The predicted molar refractivity (Wildman–Crippen MR) is 108 cm³/mol. The van der Waals surface area contributed by atoms with E-state index in [1.165, 1.54) is 0 Å². The topological polar surface area (TPSA) is 104 Å². The van der Waals surface area contributed by atoms with Crippen molar-refractivity contribution in [1.82, 2.24) is 0 Å². The summed E-state index contributed by atoms with van der Waals surface area (Å²) in [7, 11) is 0. The Kier molecular flexibility index (Phi) is 6.70. The first-order valence-electron chi connectivity index (χ1n) is 10.8. The number of aryl methyl sites for hydroxylation is 2. The van der Waals surface area contributed by atoms with E-state index in [1.54, 1.807) is 12.1 Å². The van der Waals surface area contributed by atoms with E-state index in [1.807, 2.05) is 0 Å². The Labute approximate surface area is 171 Å². The van der Waals surface area contributed by atoms with Crippen LogP contribution in [0.15, 0.2) is 12.1 Å². The molecule has 3 rings (SSSR count). The van der Waals surface area contributed by atoms with Gasteiger partial charge in [0.1, 0.15) is 17.1 Å². The third-order valence-electron chi connectivity index (χ3n) is 6.60. The van der Waals surface area contributed by atoms with E-state index in [2.05, 4.69) is 0 Å². The normalized spacial score (nSPS) is 18.2. The summed E-state index contributed by atoms with van der Waals surface area (Å²) in [6, 6.07) is 3.24. The van der Waals surface area contributed by atoms with Crippen molar-refractivity contribution in [1.29, 1.82) is 0 Å². The van der Waals surface area contributed by atoms with Gasteiger partial charge in [-0.05, 0) is 93.9 Å². The van der Waals surface area contributed by atoms with Crippen molar-refractivity contribution in [2.45, 2.75) is 89.1 Å². The van der Waals surface area contributed by atoms with Crippen molar-refractivity contribution >= 4 is 12.4 Å². The highest BCUT2D eigenvalue weighted by atomic mass is 16.5. The number of rotatable bonds is 14. The SMILES string of the molecule is O=COC1(CCCCc2cc(O)cc(CCCCCC3(C(=O)O)CC3)c2O)CC1. The highest BCUT2D eigenvalue weighted by Crippen LogP contribution is 2.50. The van der Waals surface area contributed by atoms with Gasteiger partial charge in [0.15, 0.2) is 0 Å². The van der Waals surface area contributed by atoms with Crippen LogP contribution >= 0.6 is 0 Å². The number of ether oxygens (including phenoxy) is 1. The van der Waals surface area contributed by atoms with E-state index in [-0.39, 0.29) is 17.1 Å². The standard InChI is InChI=1S/C23H32O6/c24-16-29-23(12-13-23)9-5-3-7-18-15-19(25)14-17(20(18)26)6-2-1-4-8-22(10-11-22)21(27)28/h14-16,25-26H,1-13H2,(H,27,28). The third-order valence-corrected chi connectivity index (χ3v) is 6.60. The monoisotopic (exact) mass is 404 g/mol. The fourth-order valence-electron chi connectivity index (χ4n) is 4.23. The van der Waals surface area contributed by atoms with Crippen LogP contribution in [0.3, 0.4) is 0 Å². The fraction of sp³-hybridized carbons (Fsp3) is 0.652. The number of carboxylic acids is 1. The lowest BCUT2D eigenvalue weighted by Crippen LogP contribution is -2.14. The molecule has 0 bridgehead atoms. The molecule has 1 aromatic rings. The van der Waals surface area contributed by atoms with E-state index in [4.69, 9.17) is 4.74 Å². The summed E-state index contributed by atoms with van der Waals surface area (Å²) in [5.74, 6) is -0.242. The summed E-state index contributed by atoms with van der Waals surface area (Å²) in [5, 5.41) is 29.8. The minimum Gasteiger partial charge on any atom is -0.508 e. The van der Waals surface area contributed by atoms with Gasteiger partial charge in [-0.15, -0.1) is 0 Å². The zero-order valence-electron chi connectivity index (χ0n) is 17.0. The van der Waals surface area contributed by atoms with E-state index in [9.17, 15) is 24.9 Å². The number of unbranched alkanes of at least 4 members (excludes halogenated alkanes) is 3. The average Bonchev–Trinajstić information content (AvgIpc) is 3.59. The summed E-state index contributed by atoms with van der Waals surface area (Å²) in [4.78, 5) is 21.7. The molecule has 0 radical (unpaired) electrons. The number of hydrogen-bond donors (Lipinski definition) is 3. The second-order valence-corrected chi connectivity index (χ2v) is 8.86. The van der Waals surface area contributed by atoms with Crippen molar-refractivity contribution in [3.05, 3.63) is 23.3 Å². The molecule has 2 aliphatic rings. The first-order valence-corrected chi connectivity index (χ1v) is 10.8. The molecular weight excluding hydrogens is 372 g/mol. The van der Waals surface area contributed by atoms with Gasteiger partial charge in [-0.2, -0.15) is 0 Å². The number of aliphatic carboxylic acids is 1. The van der Waals surface area contributed by atoms with Crippen molar-refractivity contribution in [3.8, 4) is 11.5 Å². The smallest absolute Gasteiger partial charge is 0.309 e. The second kappa shape index (κ2) is 9.06. The van der Waals surface area contributed by atoms with E-state index >= 15 is 0 Å². The van der Waals surface area contributed by atoms with Crippen LogP contribution in [-0.2, 0) is 27.2 Å². The minimum atomic E-state index is -0.668. The van der Waals surface area contributed by atoms with Crippen LogP contribution in [0.4, 0.5) is 0 Å². The van der Waals surface area contributed by atoms with E-state index < -0.39 is 11.4 Å². The molecule has 6 nitrogen and oxygen atoms in total. The molecule has 0 unspecified atom stereocenters.